The largest absolute Gasteiger partial charge is 0.457 e. The molecule has 0 bridgehead atoms. The van der Waals surface area contributed by atoms with Crippen molar-refractivity contribution in [1.82, 2.24) is 0 Å². The standard InChI is InChI=1S/C26H27NO5S/c1-33(29,30)32-16-15-23-17-21-11-5-6-12-22(21)18-27(23)25-14-8-7-13-24(25)26(28)31-19-20-9-3-2-4-10-20/h2-14,23H,15-19H2,1H3/t23-/m1/s1. The van der Waals surface area contributed by atoms with Gasteiger partial charge in [-0.15, -0.1) is 0 Å². The third-order valence-corrected chi connectivity index (χ3v) is 6.34. The number of benzene rings is 3. The first-order valence-electron chi connectivity index (χ1n) is 10.9. The van der Waals surface area contributed by atoms with E-state index in [0.717, 1.165) is 23.9 Å². The molecular weight excluding hydrogens is 438 g/mol. The monoisotopic (exact) mass is 465 g/mol. The van der Waals surface area contributed by atoms with E-state index in [2.05, 4.69) is 17.0 Å². The minimum absolute atomic E-state index is 0.0234. The number of fused-ring (bicyclic) bond motifs is 1. The van der Waals surface area contributed by atoms with Gasteiger partial charge in [-0.3, -0.25) is 4.18 Å². The van der Waals surface area contributed by atoms with Gasteiger partial charge in [0, 0.05) is 12.6 Å². The van der Waals surface area contributed by atoms with Gasteiger partial charge >= 0.3 is 5.97 Å². The molecule has 4 rings (SSSR count). The number of esters is 1. The second-order valence-electron chi connectivity index (χ2n) is 8.15. The molecule has 1 atom stereocenters. The maximum Gasteiger partial charge on any atom is 0.340 e. The first-order chi connectivity index (χ1) is 15.9. The van der Waals surface area contributed by atoms with Crippen LogP contribution in [0.4, 0.5) is 5.69 Å². The van der Waals surface area contributed by atoms with Gasteiger partial charge in [0.25, 0.3) is 10.1 Å². The fourth-order valence-electron chi connectivity index (χ4n) is 4.16. The van der Waals surface area contributed by atoms with E-state index >= 15 is 0 Å². The molecule has 3 aromatic rings. The molecule has 0 spiro atoms. The third-order valence-electron chi connectivity index (χ3n) is 5.75. The molecule has 1 aliphatic rings. The minimum atomic E-state index is -3.52. The second-order valence-corrected chi connectivity index (χ2v) is 9.79. The van der Waals surface area contributed by atoms with Gasteiger partial charge in [0.1, 0.15) is 6.61 Å². The third kappa shape index (κ3) is 6.00. The Morgan fingerprint density at radius 2 is 1.61 bits per heavy atom. The van der Waals surface area contributed by atoms with E-state index in [9.17, 15) is 13.2 Å². The molecule has 3 aromatic carbocycles. The number of carbonyl (C=O) groups is 1. The number of carbonyl (C=O) groups excluding carboxylic acids is 1. The van der Waals surface area contributed by atoms with Crippen molar-refractivity contribution < 1.29 is 22.1 Å². The van der Waals surface area contributed by atoms with Crippen molar-refractivity contribution >= 4 is 21.8 Å². The molecule has 0 N–H and O–H groups in total. The van der Waals surface area contributed by atoms with Gasteiger partial charge in [-0.1, -0.05) is 66.7 Å². The Morgan fingerprint density at radius 3 is 2.36 bits per heavy atom. The van der Waals surface area contributed by atoms with Crippen LogP contribution < -0.4 is 4.90 Å². The summed E-state index contributed by atoms with van der Waals surface area (Å²) in [5, 5.41) is 0. The fourth-order valence-corrected chi connectivity index (χ4v) is 4.56. The molecule has 172 valence electrons. The molecule has 0 fully saturated rings. The van der Waals surface area contributed by atoms with Crippen LogP contribution in [0.5, 0.6) is 0 Å². The molecule has 0 amide bonds. The maximum absolute atomic E-state index is 13.0. The number of hydrogen-bond donors (Lipinski definition) is 0. The lowest BCUT2D eigenvalue weighted by Gasteiger charge is -2.39. The molecule has 1 heterocycles. The summed E-state index contributed by atoms with van der Waals surface area (Å²) in [7, 11) is -3.52. The van der Waals surface area contributed by atoms with Gasteiger partial charge in [0.05, 0.1) is 24.1 Å². The number of anilines is 1. The molecular formula is C26H27NO5S. The summed E-state index contributed by atoms with van der Waals surface area (Å²) < 4.78 is 33.5. The summed E-state index contributed by atoms with van der Waals surface area (Å²) in [6.45, 7) is 0.897. The summed E-state index contributed by atoms with van der Waals surface area (Å²) >= 11 is 0. The Morgan fingerprint density at radius 1 is 0.939 bits per heavy atom. The highest BCUT2D eigenvalue weighted by atomic mass is 32.2. The Bertz CT molecular complexity index is 1210. The van der Waals surface area contributed by atoms with Crippen molar-refractivity contribution in [1.29, 1.82) is 0 Å². The van der Waals surface area contributed by atoms with Gasteiger partial charge in [-0.2, -0.15) is 8.42 Å². The molecule has 7 heteroatoms. The van der Waals surface area contributed by atoms with Crippen molar-refractivity contribution in [2.24, 2.45) is 0 Å². The Hall–Kier alpha value is -3.16. The van der Waals surface area contributed by atoms with Crippen molar-refractivity contribution in [2.75, 3.05) is 17.8 Å². The quantitative estimate of drug-likeness (QED) is 0.364. The molecule has 0 saturated carbocycles. The van der Waals surface area contributed by atoms with E-state index in [1.54, 1.807) is 6.07 Å². The topological polar surface area (TPSA) is 72.9 Å². The van der Waals surface area contributed by atoms with E-state index in [1.165, 1.54) is 11.1 Å². The number of nitrogens with zero attached hydrogens (tertiary/aromatic N) is 1. The Balaban J connectivity index is 1.58. The van der Waals surface area contributed by atoms with Crippen molar-refractivity contribution in [3.05, 3.63) is 101 Å². The molecule has 1 aliphatic heterocycles. The smallest absolute Gasteiger partial charge is 0.340 e. The minimum Gasteiger partial charge on any atom is -0.457 e. The SMILES string of the molecule is CS(=O)(=O)OCC[C@@H]1Cc2ccccc2CN1c1ccccc1C(=O)OCc1ccccc1. The lowest BCUT2D eigenvalue weighted by Crippen LogP contribution is -2.42. The fraction of sp³-hybridized carbons (Fsp3) is 0.269. The molecule has 33 heavy (non-hydrogen) atoms. The normalized spacial score (nSPS) is 15.7. The van der Waals surface area contributed by atoms with Crippen LogP contribution in [0.25, 0.3) is 0 Å². The molecule has 0 saturated heterocycles. The van der Waals surface area contributed by atoms with E-state index in [0.29, 0.717) is 18.5 Å². The summed E-state index contributed by atoms with van der Waals surface area (Å²) in [5.74, 6) is -0.389. The Kier molecular flexibility index (Phi) is 7.11. The van der Waals surface area contributed by atoms with Gasteiger partial charge in [0.15, 0.2) is 0 Å². The van der Waals surface area contributed by atoms with Crippen LogP contribution in [0.2, 0.25) is 0 Å². The van der Waals surface area contributed by atoms with Crippen molar-refractivity contribution in [3.63, 3.8) is 0 Å². The van der Waals surface area contributed by atoms with Crippen LogP contribution in [0.15, 0.2) is 78.9 Å². The van der Waals surface area contributed by atoms with Gasteiger partial charge in [0.2, 0.25) is 0 Å². The predicted octanol–water partition coefficient (Wildman–Crippen LogP) is 4.34. The highest BCUT2D eigenvalue weighted by molar-refractivity contribution is 7.85. The molecule has 0 unspecified atom stereocenters. The summed E-state index contributed by atoms with van der Waals surface area (Å²) in [4.78, 5) is 15.2. The van der Waals surface area contributed by atoms with Gasteiger partial charge in [-0.25, -0.2) is 4.79 Å². The molecule has 0 radical (unpaired) electrons. The zero-order valence-electron chi connectivity index (χ0n) is 18.5. The van der Waals surface area contributed by atoms with Crippen molar-refractivity contribution in [3.8, 4) is 0 Å². The van der Waals surface area contributed by atoms with Crippen LogP contribution in [-0.4, -0.2) is 33.3 Å². The molecule has 6 nitrogen and oxygen atoms in total. The Labute approximate surface area is 194 Å². The van der Waals surface area contributed by atoms with Gasteiger partial charge < -0.3 is 9.64 Å². The summed E-state index contributed by atoms with van der Waals surface area (Å²) in [6, 6.07) is 25.1. The average Bonchev–Trinajstić information content (AvgIpc) is 2.82. The number of ether oxygens (including phenoxy) is 1. The highest BCUT2D eigenvalue weighted by Gasteiger charge is 2.29. The van der Waals surface area contributed by atoms with Crippen LogP contribution >= 0.6 is 0 Å². The first kappa shape index (κ1) is 23.0. The zero-order valence-corrected chi connectivity index (χ0v) is 19.3. The maximum atomic E-state index is 13.0. The van der Waals surface area contributed by atoms with Crippen LogP contribution in [0.3, 0.4) is 0 Å². The lowest BCUT2D eigenvalue weighted by molar-refractivity contribution is 0.0473. The number of rotatable bonds is 8. The predicted molar refractivity (Wildman–Crippen MR) is 128 cm³/mol. The zero-order chi connectivity index (χ0) is 23.3. The van der Waals surface area contributed by atoms with Gasteiger partial charge in [-0.05, 0) is 41.7 Å². The number of para-hydroxylation sites is 1. The lowest BCUT2D eigenvalue weighted by atomic mass is 9.91. The molecule has 0 aliphatic carbocycles. The number of hydrogen-bond acceptors (Lipinski definition) is 6. The second kappa shape index (κ2) is 10.2. The summed E-state index contributed by atoms with van der Waals surface area (Å²) in [5.41, 5.74) is 4.59. The van der Waals surface area contributed by atoms with Crippen LogP contribution in [0, 0.1) is 0 Å². The average molecular weight is 466 g/mol. The highest BCUT2D eigenvalue weighted by Crippen LogP contribution is 2.32. The molecule has 0 aromatic heterocycles. The van der Waals surface area contributed by atoms with Crippen LogP contribution in [0.1, 0.15) is 33.5 Å². The first-order valence-corrected chi connectivity index (χ1v) is 12.7. The van der Waals surface area contributed by atoms with E-state index < -0.39 is 10.1 Å². The van der Waals surface area contributed by atoms with E-state index in [4.69, 9.17) is 8.92 Å². The summed E-state index contributed by atoms with van der Waals surface area (Å²) in [6.07, 6.45) is 2.30. The van der Waals surface area contributed by atoms with E-state index in [-0.39, 0.29) is 25.2 Å². The van der Waals surface area contributed by atoms with Crippen LogP contribution in [-0.2, 0) is 38.6 Å². The van der Waals surface area contributed by atoms with E-state index in [1.807, 2.05) is 60.7 Å². The van der Waals surface area contributed by atoms with Crippen molar-refractivity contribution in [2.45, 2.75) is 32.0 Å².